The normalized spacial score (nSPS) is 14.0. The molecule has 0 unspecified atom stereocenters. The minimum Gasteiger partial charge on any atom is -0.710 e. The molecule has 0 spiro atoms. The van der Waals surface area contributed by atoms with Gasteiger partial charge in [0.25, 0.3) is 17.7 Å². The molecule has 0 radical (unpaired) electrons. The summed E-state index contributed by atoms with van der Waals surface area (Å²) in [5, 5.41) is 16.4. The summed E-state index contributed by atoms with van der Waals surface area (Å²) in [5.74, 6) is -2.78. The molecule has 2 heterocycles. The van der Waals surface area contributed by atoms with Crippen molar-refractivity contribution in [2.45, 2.75) is 46.5 Å². The van der Waals surface area contributed by atoms with E-state index in [1.165, 1.54) is 31.2 Å². The first-order valence-corrected chi connectivity index (χ1v) is 15.2. The number of benzene rings is 3. The number of methoxy groups -OCH3 is 1. The number of halogens is 2. The van der Waals surface area contributed by atoms with E-state index in [4.69, 9.17) is 9.47 Å². The monoisotopic (exact) mass is 618 g/mol. The van der Waals surface area contributed by atoms with Crippen LogP contribution < -0.4 is 14.8 Å². The van der Waals surface area contributed by atoms with E-state index >= 15 is 0 Å². The summed E-state index contributed by atoms with van der Waals surface area (Å²) in [5.41, 5.74) is 5.74. The molecule has 10 heteroatoms. The van der Waals surface area contributed by atoms with Gasteiger partial charge in [-0.3, -0.25) is 9.69 Å². The number of nitrogens with one attached hydrogen (secondary N) is 2. The van der Waals surface area contributed by atoms with E-state index in [1.54, 1.807) is 14.0 Å². The van der Waals surface area contributed by atoms with Gasteiger partial charge in [-0.05, 0) is 66.8 Å². The number of imidazole rings is 1. The molecular weight excluding hydrogens is 578 g/mol. The van der Waals surface area contributed by atoms with Crippen molar-refractivity contribution in [3.05, 3.63) is 93.4 Å². The Morgan fingerprint density at radius 1 is 1.09 bits per heavy atom. The minimum absolute atomic E-state index is 0.142. The van der Waals surface area contributed by atoms with E-state index in [1.807, 2.05) is 44.2 Å². The zero-order valence-electron chi connectivity index (χ0n) is 26.4. The largest absolute Gasteiger partial charge is 0.710 e. The van der Waals surface area contributed by atoms with Gasteiger partial charge >= 0.3 is 0 Å². The fourth-order valence-electron chi connectivity index (χ4n) is 6.00. The van der Waals surface area contributed by atoms with Crippen LogP contribution in [0.3, 0.4) is 0 Å². The number of nitrogens with zero attached hydrogens (tertiary/aromatic N) is 2. The lowest BCUT2D eigenvalue weighted by atomic mass is 9.91. The van der Waals surface area contributed by atoms with Gasteiger partial charge in [-0.25, -0.2) is 18.5 Å². The molecule has 1 aromatic heterocycles. The van der Waals surface area contributed by atoms with Gasteiger partial charge in [0.05, 0.1) is 25.9 Å². The number of hydrogen-bond donors (Lipinski definition) is 2. The van der Waals surface area contributed by atoms with Gasteiger partial charge in [0.1, 0.15) is 5.75 Å². The van der Waals surface area contributed by atoms with Crippen molar-refractivity contribution >= 4 is 11.6 Å². The average molecular weight is 619 g/mol. The molecule has 238 valence electrons. The highest BCUT2D eigenvalue weighted by molar-refractivity contribution is 6.03. The highest BCUT2D eigenvalue weighted by Crippen LogP contribution is 2.40. The number of morpholine rings is 1. The van der Waals surface area contributed by atoms with Crippen LogP contribution in [-0.2, 0) is 17.1 Å². The highest BCUT2D eigenvalue weighted by Gasteiger charge is 2.30. The van der Waals surface area contributed by atoms with Crippen LogP contribution in [0.5, 0.6) is 5.75 Å². The van der Waals surface area contributed by atoms with Crippen molar-refractivity contribution in [3.63, 3.8) is 0 Å². The van der Waals surface area contributed by atoms with Crippen molar-refractivity contribution in [2.24, 2.45) is 0 Å². The molecule has 0 bridgehead atoms. The number of ether oxygens (including phenoxy) is 2. The molecule has 45 heavy (non-hydrogen) atoms. The number of aromatic nitrogens is 2. The highest BCUT2D eigenvalue weighted by atomic mass is 19.3. The van der Waals surface area contributed by atoms with Gasteiger partial charge in [0.2, 0.25) is 5.69 Å². The van der Waals surface area contributed by atoms with E-state index in [-0.39, 0.29) is 29.2 Å². The predicted octanol–water partition coefficient (Wildman–Crippen LogP) is 6.54. The summed E-state index contributed by atoms with van der Waals surface area (Å²) in [6, 6.07) is 15.5. The minimum atomic E-state index is -3.03. The topological polar surface area (TPSA) is 93.5 Å². The Labute approximate surface area is 262 Å². The van der Waals surface area contributed by atoms with Crippen LogP contribution in [0, 0.1) is 26.0 Å². The number of anilines is 1. The van der Waals surface area contributed by atoms with Crippen LogP contribution >= 0.6 is 0 Å². The molecule has 0 aliphatic carbocycles. The van der Waals surface area contributed by atoms with Crippen LogP contribution in [0.4, 0.5) is 14.5 Å². The second-order valence-corrected chi connectivity index (χ2v) is 11.5. The van der Waals surface area contributed by atoms with Crippen LogP contribution in [0.15, 0.2) is 54.6 Å². The van der Waals surface area contributed by atoms with Crippen molar-refractivity contribution in [3.8, 4) is 28.3 Å². The predicted molar refractivity (Wildman–Crippen MR) is 171 cm³/mol. The Hall–Kier alpha value is -4.28. The van der Waals surface area contributed by atoms with Gasteiger partial charge in [0, 0.05) is 49.8 Å². The smallest absolute Gasteiger partial charge is 0.300 e. The van der Waals surface area contributed by atoms with E-state index in [9.17, 15) is 18.8 Å². The molecular formula is C35H40F2N4O4. The Morgan fingerprint density at radius 2 is 1.78 bits per heavy atom. The van der Waals surface area contributed by atoms with Crippen molar-refractivity contribution in [2.75, 3.05) is 45.3 Å². The Kier molecular flexibility index (Phi) is 9.55. The molecule has 4 aromatic rings. The standard InChI is InChI=1S/C35H40F2N4O4/c1-6-35(36,37)27-11-8-12-28(21-27)39-34(42)31-24(4)38-33(41(31)43)26-19-25(13-14-40-15-17-45-18-16-40)32(44-5)29(20-26)30-22(2)9-7-10-23(30)3/h7-12,19-21,38H,6,13-18H2,1-5H3,(H,39,42). The van der Waals surface area contributed by atoms with Crippen molar-refractivity contribution in [1.29, 1.82) is 0 Å². The first kappa shape index (κ1) is 32.1. The lowest BCUT2D eigenvalue weighted by Gasteiger charge is -2.27. The summed E-state index contributed by atoms with van der Waals surface area (Å²) < 4.78 is 40.7. The fraction of sp³-hybridized carbons (Fsp3) is 0.371. The van der Waals surface area contributed by atoms with Gasteiger partial charge in [-0.15, -0.1) is 0 Å². The fourth-order valence-corrected chi connectivity index (χ4v) is 6.00. The number of aromatic amines is 1. The summed E-state index contributed by atoms with van der Waals surface area (Å²) in [6.45, 7) is 11.0. The second kappa shape index (κ2) is 13.4. The van der Waals surface area contributed by atoms with E-state index in [0.717, 1.165) is 53.2 Å². The Morgan fingerprint density at radius 3 is 2.44 bits per heavy atom. The molecule has 1 fully saturated rings. The average Bonchev–Trinajstić information content (AvgIpc) is 3.33. The third-order valence-electron chi connectivity index (χ3n) is 8.46. The third-order valence-corrected chi connectivity index (χ3v) is 8.46. The van der Waals surface area contributed by atoms with Gasteiger partial charge in [-0.1, -0.05) is 37.3 Å². The molecule has 1 amide bonds. The lowest BCUT2D eigenvalue weighted by molar-refractivity contribution is -0.594. The number of aryl methyl sites for hydroxylation is 3. The number of carbonyl (C=O) groups is 1. The van der Waals surface area contributed by atoms with E-state index in [2.05, 4.69) is 15.2 Å². The molecule has 2 N–H and O–H groups in total. The number of amides is 1. The molecule has 1 aliphatic heterocycles. The van der Waals surface area contributed by atoms with Gasteiger partial charge < -0.3 is 20.0 Å². The molecule has 1 saturated heterocycles. The van der Waals surface area contributed by atoms with E-state index < -0.39 is 11.8 Å². The molecule has 8 nitrogen and oxygen atoms in total. The molecule has 0 atom stereocenters. The van der Waals surface area contributed by atoms with E-state index in [0.29, 0.717) is 35.6 Å². The lowest BCUT2D eigenvalue weighted by Crippen LogP contribution is -2.37. The summed E-state index contributed by atoms with van der Waals surface area (Å²) in [6.07, 6.45) is 0.311. The van der Waals surface area contributed by atoms with Crippen LogP contribution in [0.25, 0.3) is 22.5 Å². The SMILES string of the molecule is CCC(F)(F)c1cccc(NC(=O)c2c(C)[nH]c(-c3cc(CCN4CCOCC4)c(OC)c(-c4c(C)cccc4C)c3)[n+]2[O-])c1. The zero-order chi connectivity index (χ0) is 32.3. The number of rotatable bonds is 10. The zero-order valence-corrected chi connectivity index (χ0v) is 26.4. The Balaban J connectivity index is 1.56. The summed E-state index contributed by atoms with van der Waals surface area (Å²) >= 11 is 0. The maximum Gasteiger partial charge on any atom is 0.300 e. The molecule has 3 aromatic carbocycles. The maximum absolute atomic E-state index is 14.3. The van der Waals surface area contributed by atoms with Gasteiger partial charge in [-0.2, -0.15) is 0 Å². The quantitative estimate of drug-likeness (QED) is 0.155. The molecule has 5 rings (SSSR count). The van der Waals surface area contributed by atoms with Crippen LogP contribution in [0.2, 0.25) is 0 Å². The number of alkyl halides is 2. The molecule has 1 aliphatic rings. The molecule has 0 saturated carbocycles. The number of hydrogen-bond acceptors (Lipinski definition) is 5. The third kappa shape index (κ3) is 6.72. The van der Waals surface area contributed by atoms with Crippen LogP contribution in [-0.4, -0.2) is 55.7 Å². The van der Waals surface area contributed by atoms with Gasteiger partial charge in [0.15, 0.2) is 5.69 Å². The Bertz CT molecular complexity index is 1680. The van der Waals surface area contributed by atoms with Crippen molar-refractivity contribution in [1.82, 2.24) is 9.88 Å². The summed E-state index contributed by atoms with van der Waals surface area (Å²) in [7, 11) is 1.66. The summed E-state index contributed by atoms with van der Waals surface area (Å²) in [4.78, 5) is 18.8. The number of carbonyl (C=O) groups excluding carboxylic acids is 1. The van der Waals surface area contributed by atoms with Crippen LogP contribution in [0.1, 0.15) is 51.8 Å². The second-order valence-electron chi connectivity index (χ2n) is 11.5. The first-order valence-electron chi connectivity index (χ1n) is 15.2. The first-order chi connectivity index (χ1) is 21.5. The maximum atomic E-state index is 14.3. The number of H-pyrrole nitrogens is 1. The van der Waals surface area contributed by atoms with Crippen molar-refractivity contribution < 1.29 is 27.8 Å².